The Labute approximate surface area is 262 Å². The molecule has 3 heterocycles. The maximum atomic E-state index is 13.3. The molecule has 0 aliphatic carbocycles. The lowest BCUT2D eigenvalue weighted by molar-refractivity contribution is -0.151. The number of esters is 1. The average Bonchev–Trinajstić information content (AvgIpc) is 3.43. The van der Waals surface area contributed by atoms with E-state index in [1.807, 2.05) is 59.0 Å². The molecule has 0 spiro atoms. The average molecular weight is 632 g/mol. The molecule has 244 valence electrons. The zero-order valence-corrected chi connectivity index (χ0v) is 27.5. The maximum Gasteiger partial charge on any atom is 0.410 e. The Balaban J connectivity index is 1.57. The van der Waals surface area contributed by atoms with E-state index in [2.05, 4.69) is 4.90 Å². The Kier molecular flexibility index (Phi) is 11.7. The van der Waals surface area contributed by atoms with Gasteiger partial charge in [0.2, 0.25) is 10.0 Å². The number of rotatable bonds is 5. The summed E-state index contributed by atoms with van der Waals surface area (Å²) < 4.78 is 40.1. The third-order valence-corrected chi connectivity index (χ3v) is 11.1. The number of cyclic esters (lactones) is 1. The molecule has 0 unspecified atom stereocenters. The zero-order chi connectivity index (χ0) is 32.0. The molecule has 44 heavy (non-hydrogen) atoms. The van der Waals surface area contributed by atoms with Gasteiger partial charge < -0.3 is 24.4 Å². The van der Waals surface area contributed by atoms with Crippen LogP contribution >= 0.6 is 0 Å². The van der Waals surface area contributed by atoms with Gasteiger partial charge in [0.05, 0.1) is 17.4 Å². The normalized spacial score (nSPS) is 31.1. The lowest BCUT2D eigenvalue weighted by Crippen LogP contribution is -2.48. The summed E-state index contributed by atoms with van der Waals surface area (Å²) in [4.78, 5) is 30.0. The molecule has 1 aromatic rings. The minimum atomic E-state index is -3.62. The molecule has 11 heteroatoms. The van der Waals surface area contributed by atoms with Gasteiger partial charge in [-0.2, -0.15) is 4.31 Å². The minimum Gasteiger partial charge on any atom is -0.457 e. The molecule has 1 aromatic carbocycles. The van der Waals surface area contributed by atoms with Crippen molar-refractivity contribution in [1.82, 2.24) is 14.1 Å². The summed E-state index contributed by atoms with van der Waals surface area (Å²) >= 11 is 0. The summed E-state index contributed by atoms with van der Waals surface area (Å²) in [5.74, 6) is -0.861. The number of piperazine rings is 1. The van der Waals surface area contributed by atoms with Crippen LogP contribution in [0.4, 0.5) is 4.79 Å². The zero-order valence-electron chi connectivity index (χ0n) is 26.7. The van der Waals surface area contributed by atoms with Gasteiger partial charge in [0.15, 0.2) is 0 Å². The Hall–Kier alpha value is -2.73. The van der Waals surface area contributed by atoms with Crippen LogP contribution in [0, 0.1) is 11.8 Å². The van der Waals surface area contributed by atoms with Crippen LogP contribution in [0.1, 0.15) is 65.4 Å². The van der Waals surface area contributed by atoms with Crippen LogP contribution in [0.3, 0.4) is 0 Å². The number of benzene rings is 1. The van der Waals surface area contributed by atoms with Gasteiger partial charge in [0.25, 0.3) is 0 Å². The number of aliphatic hydroxyl groups excluding tert-OH is 1. The molecule has 4 rings (SSSR count). The van der Waals surface area contributed by atoms with Crippen molar-refractivity contribution in [1.29, 1.82) is 0 Å². The van der Waals surface area contributed by atoms with Crippen molar-refractivity contribution in [3.8, 4) is 0 Å². The van der Waals surface area contributed by atoms with Crippen molar-refractivity contribution in [3.63, 3.8) is 0 Å². The number of hydrogen-bond acceptors (Lipinski definition) is 8. The SMILES string of the molecule is C/C(=C\c1cccc(S(=O)(=O)N2CCC[C@H]2C)c1)[C@H]1OC(=O)C[C@H](O)CC[C@H](C)[C@@H](OC(=O)N2CCN(C)CC2)/C=C/[C@@H]1C. The molecule has 3 aliphatic rings. The summed E-state index contributed by atoms with van der Waals surface area (Å²) in [6.07, 6.45) is 5.72. The van der Waals surface area contributed by atoms with Crippen LogP contribution in [-0.4, -0.2) is 104 Å². The predicted molar refractivity (Wildman–Crippen MR) is 169 cm³/mol. The van der Waals surface area contributed by atoms with E-state index in [0.717, 1.165) is 31.5 Å². The molecular weight excluding hydrogens is 582 g/mol. The van der Waals surface area contributed by atoms with Crippen LogP contribution in [0.5, 0.6) is 0 Å². The first-order chi connectivity index (χ1) is 20.8. The Morgan fingerprint density at radius 2 is 1.77 bits per heavy atom. The number of hydrogen-bond donors (Lipinski definition) is 1. The van der Waals surface area contributed by atoms with E-state index >= 15 is 0 Å². The molecule has 0 bridgehead atoms. The topological polar surface area (TPSA) is 117 Å². The first kappa shape index (κ1) is 34.1. The van der Waals surface area contributed by atoms with Gasteiger partial charge >= 0.3 is 12.1 Å². The number of carbonyl (C=O) groups is 2. The van der Waals surface area contributed by atoms with Crippen molar-refractivity contribution in [2.45, 2.75) is 89.0 Å². The Morgan fingerprint density at radius 1 is 1.05 bits per heavy atom. The molecule has 2 fully saturated rings. The Bertz CT molecular complexity index is 1320. The lowest BCUT2D eigenvalue weighted by atomic mass is 9.91. The number of aliphatic hydroxyl groups is 1. The molecule has 0 radical (unpaired) electrons. The third-order valence-electron chi connectivity index (χ3n) is 9.06. The third kappa shape index (κ3) is 8.71. The summed E-state index contributed by atoms with van der Waals surface area (Å²) in [6.45, 7) is 11.0. The summed E-state index contributed by atoms with van der Waals surface area (Å²) in [6, 6.07) is 6.78. The van der Waals surface area contributed by atoms with E-state index < -0.39 is 34.3 Å². The highest BCUT2D eigenvalue weighted by atomic mass is 32.2. The van der Waals surface area contributed by atoms with Gasteiger partial charge in [0.1, 0.15) is 12.2 Å². The van der Waals surface area contributed by atoms with E-state index in [-0.39, 0.29) is 35.3 Å². The van der Waals surface area contributed by atoms with Crippen LogP contribution in [-0.2, 0) is 24.3 Å². The number of carbonyl (C=O) groups excluding carboxylic acids is 2. The van der Waals surface area contributed by atoms with Crippen molar-refractivity contribution < 1.29 is 32.6 Å². The second kappa shape index (κ2) is 15.0. The van der Waals surface area contributed by atoms with Crippen LogP contribution in [0.15, 0.2) is 46.9 Å². The molecule has 1 N–H and O–H groups in total. The van der Waals surface area contributed by atoms with Gasteiger partial charge in [-0.05, 0) is 81.8 Å². The fraction of sp³-hybridized carbons (Fsp3) is 0.636. The standard InChI is InChI=1S/C33H49N3O7S/c1-23-11-13-28(37)22-31(38)43-32(24(2)12-14-30(23)42-33(39)35-18-16-34(5)17-19-35)25(3)20-27-9-6-10-29(21-27)44(40,41)36-15-7-8-26(36)4/h6,9-10,12,14,20-21,23-24,26,28,30,32,37H,7-8,11,13,15-19,22H2,1-5H3/b14-12+,25-20+/t23-,24-,26+,28+,30-,32-/m0/s1. The molecule has 0 aromatic heterocycles. The van der Waals surface area contributed by atoms with Crippen LogP contribution in [0.2, 0.25) is 0 Å². The van der Waals surface area contributed by atoms with Gasteiger partial charge in [-0.3, -0.25) is 4.79 Å². The minimum absolute atomic E-state index is 0.0352. The largest absolute Gasteiger partial charge is 0.457 e. The summed E-state index contributed by atoms with van der Waals surface area (Å²) in [7, 11) is -1.60. The molecule has 1 amide bonds. The first-order valence-electron chi connectivity index (χ1n) is 15.8. The molecule has 2 saturated heterocycles. The fourth-order valence-corrected chi connectivity index (χ4v) is 7.89. The second-order valence-electron chi connectivity index (χ2n) is 12.8. The molecule has 10 nitrogen and oxygen atoms in total. The van der Waals surface area contributed by atoms with Gasteiger partial charge in [-0.25, -0.2) is 13.2 Å². The summed E-state index contributed by atoms with van der Waals surface area (Å²) in [5, 5.41) is 10.6. The van der Waals surface area contributed by atoms with Crippen molar-refractivity contribution in [2.24, 2.45) is 11.8 Å². The van der Waals surface area contributed by atoms with E-state index in [9.17, 15) is 23.1 Å². The number of likely N-dealkylation sites (N-methyl/N-ethyl adjacent to an activating group) is 1. The van der Waals surface area contributed by atoms with E-state index in [4.69, 9.17) is 9.47 Å². The number of nitrogens with zero attached hydrogens (tertiary/aromatic N) is 3. The quantitative estimate of drug-likeness (QED) is 0.378. The van der Waals surface area contributed by atoms with Crippen molar-refractivity contribution in [3.05, 3.63) is 47.6 Å². The highest BCUT2D eigenvalue weighted by Gasteiger charge is 2.33. The number of sulfonamides is 1. The predicted octanol–water partition coefficient (Wildman–Crippen LogP) is 4.30. The van der Waals surface area contributed by atoms with E-state index in [1.165, 1.54) is 0 Å². The van der Waals surface area contributed by atoms with Gasteiger partial charge in [-0.15, -0.1) is 0 Å². The summed E-state index contributed by atoms with van der Waals surface area (Å²) in [5.41, 5.74) is 1.41. The van der Waals surface area contributed by atoms with Gasteiger partial charge in [-0.1, -0.05) is 38.1 Å². The van der Waals surface area contributed by atoms with Crippen molar-refractivity contribution >= 4 is 28.2 Å². The highest BCUT2D eigenvalue weighted by molar-refractivity contribution is 7.89. The first-order valence-corrected chi connectivity index (χ1v) is 17.3. The lowest BCUT2D eigenvalue weighted by Gasteiger charge is -2.33. The maximum absolute atomic E-state index is 13.3. The smallest absolute Gasteiger partial charge is 0.410 e. The number of ether oxygens (including phenoxy) is 2. The molecule has 0 saturated carbocycles. The van der Waals surface area contributed by atoms with Crippen LogP contribution in [0.25, 0.3) is 6.08 Å². The monoisotopic (exact) mass is 631 g/mol. The van der Waals surface area contributed by atoms with Crippen LogP contribution < -0.4 is 0 Å². The van der Waals surface area contributed by atoms with E-state index in [0.29, 0.717) is 38.0 Å². The van der Waals surface area contributed by atoms with Gasteiger partial charge in [0, 0.05) is 44.7 Å². The fourth-order valence-electron chi connectivity index (χ4n) is 6.14. The van der Waals surface area contributed by atoms with Crippen molar-refractivity contribution in [2.75, 3.05) is 39.8 Å². The number of amides is 1. The second-order valence-corrected chi connectivity index (χ2v) is 14.7. The highest BCUT2D eigenvalue weighted by Crippen LogP contribution is 2.29. The Morgan fingerprint density at radius 3 is 2.45 bits per heavy atom. The molecule has 3 aliphatic heterocycles. The molecule has 6 atom stereocenters. The molecular formula is C33H49N3O7S. The van der Waals surface area contributed by atoms with E-state index in [1.54, 1.807) is 27.4 Å².